The van der Waals surface area contributed by atoms with E-state index in [1.54, 1.807) is 41.1 Å². The normalized spacial score (nSPS) is 17.9. The average Bonchev–Trinajstić information content (AvgIpc) is 2.97. The van der Waals surface area contributed by atoms with Gasteiger partial charge in [-0.3, -0.25) is 14.5 Å². The number of likely N-dealkylation sites (N-methyl/N-ethyl adjacent to an activating group) is 1. The fourth-order valence-electron chi connectivity index (χ4n) is 2.55. The van der Waals surface area contributed by atoms with Crippen LogP contribution < -0.4 is 4.74 Å². The van der Waals surface area contributed by atoms with Crippen LogP contribution in [0.15, 0.2) is 24.3 Å². The zero-order valence-corrected chi connectivity index (χ0v) is 13.8. The van der Waals surface area contributed by atoms with Crippen LogP contribution in [-0.2, 0) is 9.59 Å². The number of hydrogen-bond acceptors (Lipinski definition) is 4. The summed E-state index contributed by atoms with van der Waals surface area (Å²) >= 11 is 5.80. The molecule has 1 heterocycles. The number of carbonyl (C=O) groups is 2. The molecule has 1 saturated heterocycles. The molecule has 1 unspecified atom stereocenters. The minimum absolute atomic E-state index is 0.0992. The van der Waals surface area contributed by atoms with E-state index in [4.69, 9.17) is 21.4 Å². The van der Waals surface area contributed by atoms with Crippen LogP contribution in [0.4, 0.5) is 0 Å². The number of hydrogen-bond donors (Lipinski definition) is 1. The van der Waals surface area contributed by atoms with Gasteiger partial charge in [-0.05, 0) is 43.7 Å². The molecule has 2 rings (SSSR count). The smallest absolute Gasteiger partial charge is 0.320 e. The highest BCUT2D eigenvalue weighted by Gasteiger charge is 2.32. The quantitative estimate of drug-likeness (QED) is 0.818. The molecule has 7 heteroatoms. The van der Waals surface area contributed by atoms with Gasteiger partial charge in [0.2, 0.25) is 5.91 Å². The molecule has 6 nitrogen and oxygen atoms in total. The van der Waals surface area contributed by atoms with Crippen molar-refractivity contribution in [1.82, 2.24) is 9.80 Å². The number of ether oxygens (including phenoxy) is 1. The highest BCUT2D eigenvalue weighted by Crippen LogP contribution is 2.17. The molecule has 0 aliphatic carbocycles. The third-order valence-electron chi connectivity index (χ3n) is 3.92. The molecule has 1 atom stereocenters. The lowest BCUT2D eigenvalue weighted by Gasteiger charge is -2.24. The molecule has 1 amide bonds. The third kappa shape index (κ3) is 5.11. The van der Waals surface area contributed by atoms with E-state index in [0.717, 1.165) is 6.42 Å². The molecule has 1 N–H and O–H groups in total. The molecule has 1 fully saturated rings. The average molecular weight is 341 g/mol. The first-order valence-electron chi connectivity index (χ1n) is 7.56. The van der Waals surface area contributed by atoms with Crippen molar-refractivity contribution >= 4 is 23.5 Å². The molecule has 0 radical (unpaired) electrons. The van der Waals surface area contributed by atoms with Gasteiger partial charge in [-0.25, -0.2) is 0 Å². The summed E-state index contributed by atoms with van der Waals surface area (Å²) < 4.78 is 5.55. The van der Waals surface area contributed by atoms with Crippen molar-refractivity contribution in [3.05, 3.63) is 29.3 Å². The summed E-state index contributed by atoms with van der Waals surface area (Å²) in [6.45, 7) is 1.59. The number of likely N-dealkylation sites (tertiary alicyclic amines) is 1. The number of aliphatic carboxylic acids is 1. The third-order valence-corrected chi connectivity index (χ3v) is 4.17. The van der Waals surface area contributed by atoms with Gasteiger partial charge in [0, 0.05) is 12.1 Å². The molecule has 0 saturated carbocycles. The second-order valence-electron chi connectivity index (χ2n) is 5.58. The van der Waals surface area contributed by atoms with Crippen LogP contribution in [0.2, 0.25) is 5.02 Å². The maximum absolute atomic E-state index is 12.2. The van der Waals surface area contributed by atoms with Crippen molar-refractivity contribution < 1.29 is 19.4 Å². The van der Waals surface area contributed by atoms with Crippen LogP contribution in [-0.4, -0.2) is 66.1 Å². The summed E-state index contributed by atoms with van der Waals surface area (Å²) in [5, 5.41) is 9.77. The molecule has 1 aliphatic rings. The zero-order chi connectivity index (χ0) is 16.8. The van der Waals surface area contributed by atoms with Crippen LogP contribution in [0.5, 0.6) is 5.75 Å². The van der Waals surface area contributed by atoms with Crippen molar-refractivity contribution in [1.29, 1.82) is 0 Å². The molecule has 1 aliphatic heterocycles. The number of benzene rings is 1. The largest absolute Gasteiger partial charge is 0.492 e. The number of amides is 1. The number of carboxylic acids is 1. The number of halogens is 1. The Morgan fingerprint density at radius 2 is 2.09 bits per heavy atom. The van der Waals surface area contributed by atoms with Gasteiger partial charge in [-0.2, -0.15) is 0 Å². The topological polar surface area (TPSA) is 70.1 Å². The van der Waals surface area contributed by atoms with Crippen LogP contribution in [0.25, 0.3) is 0 Å². The fourth-order valence-corrected chi connectivity index (χ4v) is 2.67. The van der Waals surface area contributed by atoms with Crippen LogP contribution in [0, 0.1) is 0 Å². The Balaban J connectivity index is 1.74. The number of rotatable bonds is 7. The Bertz CT molecular complexity index is 550. The maximum atomic E-state index is 12.2. The van der Waals surface area contributed by atoms with E-state index in [9.17, 15) is 9.59 Å². The molecule has 23 heavy (non-hydrogen) atoms. The monoisotopic (exact) mass is 340 g/mol. The number of nitrogens with zero attached hydrogens (tertiary/aromatic N) is 2. The van der Waals surface area contributed by atoms with E-state index < -0.39 is 12.0 Å². The van der Waals surface area contributed by atoms with E-state index in [2.05, 4.69) is 0 Å². The first kappa shape index (κ1) is 17.6. The summed E-state index contributed by atoms with van der Waals surface area (Å²) in [6, 6.07) is 6.48. The van der Waals surface area contributed by atoms with Gasteiger partial charge in [-0.1, -0.05) is 11.6 Å². The molecule has 1 aromatic rings. The minimum atomic E-state index is -0.857. The lowest BCUT2D eigenvalue weighted by atomic mass is 10.2. The highest BCUT2D eigenvalue weighted by atomic mass is 35.5. The molecule has 0 aromatic heterocycles. The molecule has 1 aromatic carbocycles. The van der Waals surface area contributed by atoms with Crippen molar-refractivity contribution in [3.8, 4) is 5.75 Å². The molecular weight excluding hydrogens is 320 g/mol. The van der Waals surface area contributed by atoms with Gasteiger partial charge in [0.15, 0.2) is 0 Å². The van der Waals surface area contributed by atoms with Gasteiger partial charge in [-0.15, -0.1) is 0 Å². The molecule has 126 valence electrons. The lowest BCUT2D eigenvalue weighted by Crippen LogP contribution is -2.44. The van der Waals surface area contributed by atoms with Gasteiger partial charge >= 0.3 is 5.97 Å². The Kier molecular flexibility index (Phi) is 6.24. The fraction of sp³-hybridized carbons (Fsp3) is 0.500. The first-order valence-corrected chi connectivity index (χ1v) is 7.94. The maximum Gasteiger partial charge on any atom is 0.320 e. The summed E-state index contributed by atoms with van der Waals surface area (Å²) in [5.41, 5.74) is 0. The summed E-state index contributed by atoms with van der Waals surface area (Å²) in [7, 11) is 1.69. The predicted octanol–water partition coefficient (Wildman–Crippen LogP) is 1.73. The van der Waals surface area contributed by atoms with Crippen LogP contribution >= 0.6 is 11.6 Å². The van der Waals surface area contributed by atoms with E-state index in [-0.39, 0.29) is 12.5 Å². The van der Waals surface area contributed by atoms with Crippen molar-refractivity contribution in [2.45, 2.75) is 18.9 Å². The van der Waals surface area contributed by atoms with E-state index in [1.807, 2.05) is 0 Å². The molecule has 0 spiro atoms. The number of carbonyl (C=O) groups excluding carboxylic acids is 1. The Hall–Kier alpha value is -1.79. The Morgan fingerprint density at radius 1 is 1.39 bits per heavy atom. The van der Waals surface area contributed by atoms with Gasteiger partial charge < -0.3 is 14.7 Å². The lowest BCUT2D eigenvalue weighted by molar-refractivity contribution is -0.143. The highest BCUT2D eigenvalue weighted by molar-refractivity contribution is 6.30. The van der Waals surface area contributed by atoms with Gasteiger partial charge in [0.05, 0.1) is 13.1 Å². The minimum Gasteiger partial charge on any atom is -0.492 e. The van der Waals surface area contributed by atoms with Gasteiger partial charge in [0.25, 0.3) is 0 Å². The SMILES string of the molecule is CN(CCOc1ccc(Cl)cc1)C(=O)CN1CCCC1C(=O)O. The summed E-state index contributed by atoms with van der Waals surface area (Å²) in [6.07, 6.45) is 1.42. The van der Waals surface area contributed by atoms with Gasteiger partial charge in [0.1, 0.15) is 18.4 Å². The van der Waals surface area contributed by atoms with Crippen molar-refractivity contribution in [3.63, 3.8) is 0 Å². The summed E-state index contributed by atoms with van der Waals surface area (Å²) in [5.74, 6) is -0.261. The summed E-state index contributed by atoms with van der Waals surface area (Å²) in [4.78, 5) is 26.6. The predicted molar refractivity (Wildman–Crippen MR) is 86.8 cm³/mol. The van der Waals surface area contributed by atoms with E-state index in [1.165, 1.54) is 0 Å². The number of carboxylic acid groups (broad SMARTS) is 1. The Labute approximate surface area is 140 Å². The standard InChI is InChI=1S/C16H21ClN2O4/c1-18(9-10-23-13-6-4-12(17)5-7-13)15(20)11-19-8-2-3-14(19)16(21)22/h4-7,14H,2-3,8-11H2,1H3,(H,21,22). The zero-order valence-electron chi connectivity index (χ0n) is 13.1. The second-order valence-corrected chi connectivity index (χ2v) is 6.02. The van der Waals surface area contributed by atoms with Crippen molar-refractivity contribution in [2.75, 3.05) is 33.3 Å². The molecule has 0 bridgehead atoms. The van der Waals surface area contributed by atoms with Crippen molar-refractivity contribution in [2.24, 2.45) is 0 Å². The molecular formula is C16H21ClN2O4. The first-order chi connectivity index (χ1) is 11.0. The van der Waals surface area contributed by atoms with E-state index >= 15 is 0 Å². The van der Waals surface area contributed by atoms with Crippen LogP contribution in [0.3, 0.4) is 0 Å². The Morgan fingerprint density at radius 3 is 2.74 bits per heavy atom. The van der Waals surface area contributed by atoms with Crippen LogP contribution in [0.1, 0.15) is 12.8 Å². The second kappa shape index (κ2) is 8.17. The van der Waals surface area contributed by atoms with E-state index in [0.29, 0.717) is 36.9 Å².